The molecule has 0 spiro atoms. The van der Waals surface area contributed by atoms with E-state index in [9.17, 15) is 19.7 Å². The molecular formula is C12H12N2O5. The molecule has 0 aliphatic heterocycles. The minimum Gasteiger partial charge on any atom is -0.478 e. The average Bonchev–Trinajstić information content (AvgIpc) is 2.29. The third-order valence-corrected chi connectivity index (χ3v) is 2.46. The van der Waals surface area contributed by atoms with E-state index in [1.165, 1.54) is 31.2 Å². The van der Waals surface area contributed by atoms with Gasteiger partial charge in [0.1, 0.15) is 0 Å². The fourth-order valence-electron chi connectivity index (χ4n) is 1.54. The number of primary amides is 1. The normalized spacial score (nSPS) is 10.6. The number of nitrogens with two attached hydrogens (primary N) is 1. The van der Waals surface area contributed by atoms with Gasteiger partial charge in [-0.05, 0) is 18.6 Å². The van der Waals surface area contributed by atoms with Crippen molar-refractivity contribution in [2.45, 2.75) is 13.3 Å². The first-order valence-electron chi connectivity index (χ1n) is 5.30. The van der Waals surface area contributed by atoms with Gasteiger partial charge in [0.05, 0.1) is 10.5 Å². The molecule has 7 heteroatoms. The lowest BCUT2D eigenvalue weighted by Gasteiger charge is -2.04. The van der Waals surface area contributed by atoms with Crippen molar-refractivity contribution in [1.82, 2.24) is 0 Å². The monoisotopic (exact) mass is 264 g/mol. The van der Waals surface area contributed by atoms with Crippen LogP contribution in [-0.4, -0.2) is 21.9 Å². The van der Waals surface area contributed by atoms with Crippen LogP contribution in [0.5, 0.6) is 0 Å². The SMILES string of the molecule is Cc1c(C(=O)O)cc(C=CCC(N)=O)cc1[N+](=O)[O-]. The van der Waals surface area contributed by atoms with Gasteiger partial charge in [-0.15, -0.1) is 0 Å². The van der Waals surface area contributed by atoms with E-state index in [-0.39, 0.29) is 23.2 Å². The van der Waals surface area contributed by atoms with Crippen LogP contribution in [0.3, 0.4) is 0 Å². The zero-order chi connectivity index (χ0) is 14.6. The number of carbonyl (C=O) groups is 2. The van der Waals surface area contributed by atoms with Gasteiger partial charge < -0.3 is 10.8 Å². The van der Waals surface area contributed by atoms with Gasteiger partial charge >= 0.3 is 5.97 Å². The Morgan fingerprint density at radius 2 is 2.11 bits per heavy atom. The predicted octanol–water partition coefficient (Wildman–Crippen LogP) is 1.49. The molecule has 0 heterocycles. The van der Waals surface area contributed by atoms with Crippen LogP contribution in [0, 0.1) is 17.0 Å². The molecule has 3 N–H and O–H groups in total. The van der Waals surface area contributed by atoms with E-state index in [0.29, 0.717) is 5.56 Å². The summed E-state index contributed by atoms with van der Waals surface area (Å²) in [4.78, 5) is 31.8. The molecule has 0 bridgehead atoms. The number of hydrogen-bond acceptors (Lipinski definition) is 4. The Hall–Kier alpha value is -2.70. The van der Waals surface area contributed by atoms with Crippen molar-refractivity contribution >= 4 is 23.6 Å². The highest BCUT2D eigenvalue weighted by atomic mass is 16.6. The van der Waals surface area contributed by atoms with Crippen LogP contribution in [0.1, 0.15) is 27.9 Å². The summed E-state index contributed by atoms with van der Waals surface area (Å²) in [6, 6.07) is 2.56. The molecule has 1 aromatic rings. The minimum absolute atomic E-state index is 0.0237. The molecule has 1 rings (SSSR count). The zero-order valence-corrected chi connectivity index (χ0v) is 10.1. The number of nitro groups is 1. The number of nitro benzene ring substituents is 1. The highest BCUT2D eigenvalue weighted by Gasteiger charge is 2.19. The van der Waals surface area contributed by atoms with E-state index in [2.05, 4.69) is 0 Å². The van der Waals surface area contributed by atoms with Crippen molar-refractivity contribution < 1.29 is 19.6 Å². The van der Waals surface area contributed by atoms with Gasteiger partial charge in [-0.25, -0.2) is 4.79 Å². The van der Waals surface area contributed by atoms with Gasteiger partial charge in [0.15, 0.2) is 0 Å². The summed E-state index contributed by atoms with van der Waals surface area (Å²) in [7, 11) is 0. The number of amides is 1. The van der Waals surface area contributed by atoms with Gasteiger partial charge in [-0.1, -0.05) is 12.2 Å². The molecule has 0 saturated heterocycles. The van der Waals surface area contributed by atoms with E-state index >= 15 is 0 Å². The number of aromatic carboxylic acids is 1. The third-order valence-electron chi connectivity index (χ3n) is 2.46. The Morgan fingerprint density at radius 1 is 1.47 bits per heavy atom. The molecule has 0 unspecified atom stereocenters. The Labute approximate surface area is 108 Å². The first kappa shape index (κ1) is 14.4. The van der Waals surface area contributed by atoms with Gasteiger partial charge in [0.2, 0.25) is 5.91 Å². The Morgan fingerprint density at radius 3 is 2.58 bits per heavy atom. The van der Waals surface area contributed by atoms with E-state index in [1.807, 2.05) is 0 Å². The van der Waals surface area contributed by atoms with Gasteiger partial charge in [0, 0.05) is 18.1 Å². The van der Waals surface area contributed by atoms with Crippen LogP contribution in [0.4, 0.5) is 5.69 Å². The molecule has 1 amide bonds. The molecule has 0 aliphatic rings. The summed E-state index contributed by atoms with van der Waals surface area (Å²) in [5, 5.41) is 19.8. The summed E-state index contributed by atoms with van der Waals surface area (Å²) in [6.45, 7) is 1.37. The van der Waals surface area contributed by atoms with Crippen LogP contribution in [0.25, 0.3) is 6.08 Å². The summed E-state index contributed by atoms with van der Waals surface area (Å²) in [5.41, 5.74) is 4.94. The molecule has 1 aromatic carbocycles. The molecular weight excluding hydrogens is 252 g/mol. The van der Waals surface area contributed by atoms with Crippen LogP contribution in [0.15, 0.2) is 18.2 Å². The van der Waals surface area contributed by atoms with E-state index in [1.54, 1.807) is 0 Å². The van der Waals surface area contributed by atoms with E-state index in [0.717, 1.165) is 0 Å². The summed E-state index contributed by atoms with van der Waals surface area (Å²) < 4.78 is 0. The predicted molar refractivity (Wildman–Crippen MR) is 67.6 cm³/mol. The van der Waals surface area contributed by atoms with Crippen molar-refractivity contribution in [1.29, 1.82) is 0 Å². The average molecular weight is 264 g/mol. The highest BCUT2D eigenvalue weighted by Crippen LogP contribution is 2.24. The second-order valence-corrected chi connectivity index (χ2v) is 3.85. The van der Waals surface area contributed by atoms with Crippen molar-refractivity contribution in [2.24, 2.45) is 5.73 Å². The van der Waals surface area contributed by atoms with Crippen molar-refractivity contribution in [3.63, 3.8) is 0 Å². The fraction of sp³-hybridized carbons (Fsp3) is 0.167. The standard InChI is InChI=1S/C12H12N2O5/c1-7-9(12(16)17)5-8(3-2-4-11(13)15)6-10(7)14(18)19/h2-3,5-6H,4H2,1H3,(H2,13,15)(H,16,17). The molecule has 7 nitrogen and oxygen atoms in total. The van der Waals surface area contributed by atoms with Gasteiger partial charge in [-0.2, -0.15) is 0 Å². The van der Waals surface area contributed by atoms with E-state index < -0.39 is 16.8 Å². The summed E-state index contributed by atoms with van der Waals surface area (Å²) in [5.74, 6) is -1.79. The summed E-state index contributed by atoms with van der Waals surface area (Å²) in [6.07, 6.45) is 2.82. The van der Waals surface area contributed by atoms with Gasteiger partial charge in [0.25, 0.3) is 5.69 Å². The molecule has 0 aliphatic carbocycles. The number of rotatable bonds is 5. The second-order valence-electron chi connectivity index (χ2n) is 3.85. The van der Waals surface area contributed by atoms with Crippen LogP contribution in [-0.2, 0) is 4.79 Å². The zero-order valence-electron chi connectivity index (χ0n) is 10.1. The van der Waals surface area contributed by atoms with Crippen LogP contribution in [0.2, 0.25) is 0 Å². The maximum absolute atomic E-state index is 11.0. The van der Waals surface area contributed by atoms with Crippen LogP contribution < -0.4 is 5.73 Å². The summed E-state index contributed by atoms with van der Waals surface area (Å²) >= 11 is 0. The number of carboxylic acids is 1. The quantitative estimate of drug-likeness (QED) is 0.615. The smallest absolute Gasteiger partial charge is 0.336 e. The number of benzene rings is 1. The second kappa shape index (κ2) is 5.76. The largest absolute Gasteiger partial charge is 0.478 e. The first-order valence-corrected chi connectivity index (χ1v) is 5.30. The molecule has 19 heavy (non-hydrogen) atoms. The van der Waals surface area contributed by atoms with Crippen molar-refractivity contribution in [3.05, 3.63) is 45.0 Å². The lowest BCUT2D eigenvalue weighted by Crippen LogP contribution is -2.08. The topological polar surface area (TPSA) is 124 Å². The first-order chi connectivity index (χ1) is 8.82. The number of carboxylic acid groups (broad SMARTS) is 1. The molecule has 0 fully saturated rings. The minimum atomic E-state index is -1.24. The molecule has 0 saturated carbocycles. The maximum atomic E-state index is 11.0. The third kappa shape index (κ3) is 3.63. The molecule has 100 valence electrons. The number of carbonyl (C=O) groups excluding carboxylic acids is 1. The fourth-order valence-corrected chi connectivity index (χ4v) is 1.54. The highest BCUT2D eigenvalue weighted by molar-refractivity contribution is 5.91. The van der Waals surface area contributed by atoms with E-state index in [4.69, 9.17) is 10.8 Å². The maximum Gasteiger partial charge on any atom is 0.336 e. The van der Waals surface area contributed by atoms with Gasteiger partial charge in [-0.3, -0.25) is 14.9 Å². The van der Waals surface area contributed by atoms with Crippen molar-refractivity contribution in [3.8, 4) is 0 Å². The Balaban J connectivity index is 3.27. The molecule has 0 aromatic heterocycles. The van der Waals surface area contributed by atoms with Crippen molar-refractivity contribution in [2.75, 3.05) is 0 Å². The van der Waals surface area contributed by atoms with Crippen LogP contribution >= 0.6 is 0 Å². The number of hydrogen-bond donors (Lipinski definition) is 2. The Bertz CT molecular complexity index is 542. The molecule has 0 atom stereocenters. The lowest BCUT2D eigenvalue weighted by molar-refractivity contribution is -0.385. The lowest BCUT2D eigenvalue weighted by atomic mass is 10.0. The number of nitrogens with zero attached hydrogens (tertiary/aromatic N) is 1. The Kier molecular flexibility index (Phi) is 4.36. The molecule has 0 radical (unpaired) electrons.